The molecule has 2 heterocycles. The molecule has 6 heteroatoms. The van der Waals surface area contributed by atoms with E-state index in [2.05, 4.69) is 27.7 Å². The van der Waals surface area contributed by atoms with Gasteiger partial charge in [-0.1, -0.05) is 0 Å². The lowest BCUT2D eigenvalue weighted by molar-refractivity contribution is -0.121. The lowest BCUT2D eigenvalue weighted by atomic mass is 10.2. The van der Waals surface area contributed by atoms with Gasteiger partial charge in [-0.3, -0.25) is 14.4 Å². The molecule has 1 aliphatic heterocycles. The average Bonchev–Trinajstić information content (AvgIpc) is 2.79. The number of aromatic nitrogens is 2. The van der Waals surface area contributed by atoms with Gasteiger partial charge in [0.1, 0.15) is 5.75 Å². The first kappa shape index (κ1) is 12.5. The van der Waals surface area contributed by atoms with Crippen LogP contribution in [-0.2, 0) is 18.4 Å². The van der Waals surface area contributed by atoms with Crippen LogP contribution in [0.25, 0.3) is 0 Å². The summed E-state index contributed by atoms with van der Waals surface area (Å²) in [7, 11) is 1.86. The smallest absolute Gasteiger partial charge is 0.265 e. The van der Waals surface area contributed by atoms with Crippen LogP contribution in [0.4, 0.5) is 5.69 Å². The lowest BCUT2D eigenvalue weighted by Crippen LogP contribution is -2.38. The lowest BCUT2D eigenvalue weighted by Gasteiger charge is -2.28. The quantitative estimate of drug-likeness (QED) is 0.761. The molecule has 98 valence electrons. The maximum Gasteiger partial charge on any atom is 0.265 e. The number of ether oxygens (including phenoxy) is 1. The van der Waals surface area contributed by atoms with E-state index >= 15 is 0 Å². The number of carbonyl (C=O) groups is 1. The number of hydrogen-bond donors (Lipinski definition) is 0. The zero-order valence-corrected chi connectivity index (χ0v) is 12.5. The molecular weight excluding hydrogens is 357 g/mol. The Morgan fingerprint density at radius 2 is 2.26 bits per heavy atom. The zero-order chi connectivity index (χ0) is 13.4. The van der Waals surface area contributed by atoms with Gasteiger partial charge in [-0.05, 0) is 46.9 Å². The first-order chi connectivity index (χ1) is 9.13. The van der Waals surface area contributed by atoms with Gasteiger partial charge in [-0.25, -0.2) is 0 Å². The minimum absolute atomic E-state index is 0.0415. The summed E-state index contributed by atoms with van der Waals surface area (Å²) in [5, 5.41) is 4.31. The fraction of sp³-hybridized carbons (Fsp3) is 0.231. The highest BCUT2D eigenvalue weighted by Gasteiger charge is 2.26. The van der Waals surface area contributed by atoms with Crippen LogP contribution in [0.2, 0.25) is 0 Å². The molecule has 0 N–H and O–H groups in total. The van der Waals surface area contributed by atoms with E-state index in [1.165, 1.54) is 0 Å². The van der Waals surface area contributed by atoms with Crippen LogP contribution < -0.4 is 9.64 Å². The number of carbonyl (C=O) groups excluding carboxylic acids is 1. The molecule has 1 aromatic carbocycles. The van der Waals surface area contributed by atoms with E-state index in [-0.39, 0.29) is 12.5 Å². The van der Waals surface area contributed by atoms with Gasteiger partial charge in [-0.15, -0.1) is 0 Å². The summed E-state index contributed by atoms with van der Waals surface area (Å²) in [5.41, 5.74) is 1.68. The summed E-state index contributed by atoms with van der Waals surface area (Å²) >= 11 is 2.22. The SMILES string of the molecule is Cn1ccc(CN2C(=O)COc3ccc(I)cc32)n1. The fourth-order valence-electron chi connectivity index (χ4n) is 2.06. The number of hydrogen-bond acceptors (Lipinski definition) is 3. The second kappa shape index (κ2) is 4.84. The van der Waals surface area contributed by atoms with Crippen molar-refractivity contribution in [2.45, 2.75) is 6.54 Å². The predicted molar refractivity (Wildman–Crippen MR) is 79.1 cm³/mol. The van der Waals surface area contributed by atoms with Crippen molar-refractivity contribution in [3.8, 4) is 5.75 Å². The third-order valence-corrected chi connectivity index (χ3v) is 3.62. The van der Waals surface area contributed by atoms with Crippen molar-refractivity contribution in [2.75, 3.05) is 11.5 Å². The molecule has 0 atom stereocenters. The normalized spacial score (nSPS) is 14.2. The molecule has 0 radical (unpaired) electrons. The van der Waals surface area contributed by atoms with Gasteiger partial charge in [0.2, 0.25) is 0 Å². The summed E-state index contributed by atoms with van der Waals surface area (Å²) in [6.07, 6.45) is 1.87. The molecule has 0 fully saturated rings. The van der Waals surface area contributed by atoms with E-state index in [4.69, 9.17) is 4.74 Å². The monoisotopic (exact) mass is 369 g/mol. The molecule has 0 spiro atoms. The second-order valence-corrected chi connectivity index (χ2v) is 5.61. The Morgan fingerprint density at radius 3 is 3.00 bits per heavy atom. The van der Waals surface area contributed by atoms with Crippen LogP contribution in [-0.4, -0.2) is 22.3 Å². The Morgan fingerprint density at radius 1 is 1.42 bits per heavy atom. The minimum Gasteiger partial charge on any atom is -0.482 e. The third-order valence-electron chi connectivity index (χ3n) is 2.95. The topological polar surface area (TPSA) is 47.4 Å². The van der Waals surface area contributed by atoms with Crippen molar-refractivity contribution in [2.24, 2.45) is 7.05 Å². The molecule has 1 amide bonds. The first-order valence-electron chi connectivity index (χ1n) is 5.85. The van der Waals surface area contributed by atoms with Crippen molar-refractivity contribution >= 4 is 34.2 Å². The molecule has 0 saturated carbocycles. The summed E-state index contributed by atoms with van der Waals surface area (Å²) in [6.45, 7) is 0.552. The van der Waals surface area contributed by atoms with Crippen LogP contribution in [0.1, 0.15) is 5.69 Å². The van der Waals surface area contributed by atoms with Gasteiger partial charge in [0.05, 0.1) is 17.9 Å². The molecule has 19 heavy (non-hydrogen) atoms. The highest BCUT2D eigenvalue weighted by molar-refractivity contribution is 14.1. The van der Waals surface area contributed by atoms with Gasteiger partial charge in [-0.2, -0.15) is 5.10 Å². The van der Waals surface area contributed by atoms with Crippen LogP contribution in [0.15, 0.2) is 30.5 Å². The van der Waals surface area contributed by atoms with Gasteiger partial charge in [0, 0.05) is 16.8 Å². The standard InChI is InChI=1S/C13H12IN3O2/c1-16-5-4-10(15-16)7-17-11-6-9(14)2-3-12(11)19-8-13(17)18/h2-6H,7-8H2,1H3. The number of fused-ring (bicyclic) bond motifs is 1. The van der Waals surface area contributed by atoms with Crippen molar-refractivity contribution in [3.05, 3.63) is 39.7 Å². The molecule has 0 bridgehead atoms. The average molecular weight is 369 g/mol. The van der Waals surface area contributed by atoms with Gasteiger partial charge < -0.3 is 4.74 Å². The van der Waals surface area contributed by atoms with E-state index in [1.54, 1.807) is 9.58 Å². The van der Waals surface area contributed by atoms with Gasteiger partial charge in [0.15, 0.2) is 6.61 Å². The van der Waals surface area contributed by atoms with Gasteiger partial charge >= 0.3 is 0 Å². The van der Waals surface area contributed by atoms with E-state index in [0.717, 1.165) is 20.7 Å². The molecule has 3 rings (SSSR count). The van der Waals surface area contributed by atoms with Crippen molar-refractivity contribution in [1.82, 2.24) is 9.78 Å². The van der Waals surface area contributed by atoms with E-state index in [9.17, 15) is 4.79 Å². The number of aryl methyl sites for hydroxylation is 1. The van der Waals surface area contributed by atoms with Crippen LogP contribution in [0.5, 0.6) is 5.75 Å². The Hall–Kier alpha value is -1.57. The van der Waals surface area contributed by atoms with Crippen LogP contribution in [0, 0.1) is 3.57 Å². The van der Waals surface area contributed by atoms with E-state index in [1.807, 2.05) is 37.5 Å². The molecule has 1 aliphatic rings. The first-order valence-corrected chi connectivity index (χ1v) is 6.92. The number of anilines is 1. The molecule has 0 aliphatic carbocycles. The van der Waals surface area contributed by atoms with E-state index in [0.29, 0.717) is 6.54 Å². The Kier molecular flexibility index (Phi) is 3.17. The molecule has 1 aromatic heterocycles. The van der Waals surface area contributed by atoms with Crippen molar-refractivity contribution < 1.29 is 9.53 Å². The number of rotatable bonds is 2. The number of nitrogens with zero attached hydrogens (tertiary/aromatic N) is 3. The number of halogens is 1. The maximum atomic E-state index is 12.0. The molecule has 0 unspecified atom stereocenters. The molecule has 5 nitrogen and oxygen atoms in total. The summed E-state index contributed by atoms with van der Waals surface area (Å²) in [6, 6.07) is 7.73. The predicted octanol–water partition coefficient (Wildman–Crippen LogP) is 1.95. The summed E-state index contributed by atoms with van der Waals surface area (Å²) in [5.74, 6) is 0.705. The third kappa shape index (κ3) is 2.44. The Bertz CT molecular complexity index is 639. The molecular formula is C13H12IN3O2. The zero-order valence-electron chi connectivity index (χ0n) is 10.3. The summed E-state index contributed by atoms with van der Waals surface area (Å²) < 4.78 is 8.25. The Labute approximate surface area is 124 Å². The number of benzene rings is 1. The minimum atomic E-state index is -0.0415. The van der Waals surface area contributed by atoms with Crippen LogP contribution >= 0.6 is 22.6 Å². The van der Waals surface area contributed by atoms with Crippen molar-refractivity contribution in [1.29, 1.82) is 0 Å². The highest BCUT2D eigenvalue weighted by atomic mass is 127. The molecule has 0 saturated heterocycles. The van der Waals surface area contributed by atoms with Crippen molar-refractivity contribution in [3.63, 3.8) is 0 Å². The largest absolute Gasteiger partial charge is 0.482 e. The maximum absolute atomic E-state index is 12.0. The summed E-state index contributed by atoms with van der Waals surface area (Å²) in [4.78, 5) is 13.8. The second-order valence-electron chi connectivity index (χ2n) is 4.36. The fourth-order valence-corrected chi connectivity index (χ4v) is 2.53. The highest BCUT2D eigenvalue weighted by Crippen LogP contribution is 2.34. The van der Waals surface area contributed by atoms with Gasteiger partial charge in [0.25, 0.3) is 5.91 Å². The molecule has 2 aromatic rings. The number of amides is 1. The van der Waals surface area contributed by atoms with E-state index < -0.39 is 0 Å². The Balaban J connectivity index is 1.96. The van der Waals surface area contributed by atoms with Crippen LogP contribution in [0.3, 0.4) is 0 Å².